The van der Waals surface area contributed by atoms with Gasteiger partial charge in [0.2, 0.25) is 0 Å². The van der Waals surface area contributed by atoms with E-state index in [4.69, 9.17) is 9.47 Å². The number of benzene rings is 1. The van der Waals surface area contributed by atoms with Crippen LogP contribution in [0.15, 0.2) is 24.3 Å². The number of aryl methyl sites for hydroxylation is 1. The van der Waals surface area contributed by atoms with Gasteiger partial charge in [0.05, 0.1) is 7.11 Å². The topological polar surface area (TPSA) is 47.6 Å². The molecule has 1 aliphatic rings. The number of carbonyl (C=O) groups is 1. The first-order chi connectivity index (χ1) is 9.62. The monoisotopic (exact) mass is 277 g/mol. The van der Waals surface area contributed by atoms with E-state index < -0.39 is 5.54 Å². The van der Waals surface area contributed by atoms with Crippen LogP contribution in [0, 0.1) is 12.8 Å². The van der Waals surface area contributed by atoms with Crippen molar-refractivity contribution >= 4 is 5.97 Å². The largest absolute Gasteiger partial charge is 0.491 e. The highest BCUT2D eigenvalue weighted by molar-refractivity contribution is 5.82. The molecule has 110 valence electrons. The second kappa shape index (κ2) is 6.27. The zero-order valence-electron chi connectivity index (χ0n) is 12.4. The quantitative estimate of drug-likeness (QED) is 0.777. The predicted octanol–water partition coefficient (Wildman–Crippen LogP) is 2.31. The Morgan fingerprint density at radius 2 is 2.20 bits per heavy atom. The molecule has 2 rings (SSSR count). The van der Waals surface area contributed by atoms with Crippen molar-refractivity contribution in [2.45, 2.75) is 32.2 Å². The Morgan fingerprint density at radius 1 is 1.45 bits per heavy atom. The highest BCUT2D eigenvalue weighted by atomic mass is 16.5. The summed E-state index contributed by atoms with van der Waals surface area (Å²) in [6.07, 6.45) is 2.08. The maximum atomic E-state index is 12.2. The van der Waals surface area contributed by atoms with Gasteiger partial charge in [0, 0.05) is 0 Å². The molecule has 1 fully saturated rings. The third kappa shape index (κ3) is 3.12. The van der Waals surface area contributed by atoms with Gasteiger partial charge in [-0.3, -0.25) is 5.32 Å². The maximum Gasteiger partial charge on any atom is 0.329 e. The third-order valence-electron chi connectivity index (χ3n) is 3.77. The van der Waals surface area contributed by atoms with Crippen molar-refractivity contribution in [3.63, 3.8) is 0 Å². The second-order valence-corrected chi connectivity index (χ2v) is 5.37. The first kappa shape index (κ1) is 14.9. The summed E-state index contributed by atoms with van der Waals surface area (Å²) in [5, 5.41) is 3.29. The van der Waals surface area contributed by atoms with Crippen molar-refractivity contribution in [1.29, 1.82) is 0 Å². The molecule has 1 saturated carbocycles. The van der Waals surface area contributed by atoms with Crippen LogP contribution in [0.3, 0.4) is 0 Å². The molecule has 0 aromatic heterocycles. The van der Waals surface area contributed by atoms with Crippen molar-refractivity contribution in [2.24, 2.45) is 5.92 Å². The molecule has 0 aliphatic heterocycles. The van der Waals surface area contributed by atoms with Crippen LogP contribution < -0.4 is 10.1 Å². The SMILES string of the molecule is CCNC(COc1cccc(C)c1)(C(=O)OC)C1CC1. The Balaban J connectivity index is 2.13. The predicted molar refractivity (Wildman–Crippen MR) is 77.8 cm³/mol. The van der Waals surface area contributed by atoms with E-state index in [0.29, 0.717) is 19.1 Å². The number of carbonyl (C=O) groups excluding carboxylic acids is 1. The van der Waals surface area contributed by atoms with Crippen LogP contribution in [-0.2, 0) is 9.53 Å². The van der Waals surface area contributed by atoms with Crippen molar-refractivity contribution in [1.82, 2.24) is 5.32 Å². The fraction of sp³-hybridized carbons (Fsp3) is 0.562. The fourth-order valence-corrected chi connectivity index (χ4v) is 2.59. The van der Waals surface area contributed by atoms with Crippen molar-refractivity contribution in [2.75, 3.05) is 20.3 Å². The molecule has 0 spiro atoms. The molecular weight excluding hydrogens is 254 g/mol. The van der Waals surface area contributed by atoms with Crippen LogP contribution in [0.25, 0.3) is 0 Å². The molecule has 1 unspecified atom stereocenters. The Labute approximate surface area is 120 Å². The molecule has 0 heterocycles. The molecule has 1 aromatic rings. The highest BCUT2D eigenvalue weighted by Crippen LogP contribution is 2.40. The number of esters is 1. The zero-order valence-corrected chi connectivity index (χ0v) is 12.4. The molecule has 20 heavy (non-hydrogen) atoms. The van der Waals surface area contributed by atoms with Gasteiger partial charge >= 0.3 is 5.97 Å². The van der Waals surface area contributed by atoms with E-state index in [9.17, 15) is 4.79 Å². The summed E-state index contributed by atoms with van der Waals surface area (Å²) < 4.78 is 10.9. The van der Waals surface area contributed by atoms with E-state index >= 15 is 0 Å². The molecule has 0 radical (unpaired) electrons. The number of rotatable bonds is 7. The van der Waals surface area contributed by atoms with Gasteiger partial charge in [0.25, 0.3) is 0 Å². The minimum Gasteiger partial charge on any atom is -0.491 e. The summed E-state index contributed by atoms with van der Waals surface area (Å²) in [6.45, 7) is 5.03. The summed E-state index contributed by atoms with van der Waals surface area (Å²) >= 11 is 0. The normalized spacial score (nSPS) is 17.4. The molecule has 1 aliphatic carbocycles. The Kier molecular flexibility index (Phi) is 4.65. The van der Waals surface area contributed by atoms with E-state index in [-0.39, 0.29) is 5.97 Å². The lowest BCUT2D eigenvalue weighted by molar-refractivity contribution is -0.151. The van der Waals surface area contributed by atoms with Crippen LogP contribution >= 0.6 is 0 Å². The average molecular weight is 277 g/mol. The van der Waals surface area contributed by atoms with Gasteiger partial charge in [-0.2, -0.15) is 0 Å². The van der Waals surface area contributed by atoms with Crippen molar-refractivity contribution in [3.05, 3.63) is 29.8 Å². The second-order valence-electron chi connectivity index (χ2n) is 5.37. The van der Waals surface area contributed by atoms with Gasteiger partial charge in [0.15, 0.2) is 5.54 Å². The summed E-state index contributed by atoms with van der Waals surface area (Å²) in [4.78, 5) is 12.2. The first-order valence-corrected chi connectivity index (χ1v) is 7.15. The molecule has 1 N–H and O–H groups in total. The third-order valence-corrected chi connectivity index (χ3v) is 3.77. The molecule has 0 amide bonds. The molecule has 0 bridgehead atoms. The number of methoxy groups -OCH3 is 1. The number of nitrogens with one attached hydrogen (secondary N) is 1. The molecule has 1 atom stereocenters. The Hall–Kier alpha value is -1.55. The molecule has 4 nitrogen and oxygen atoms in total. The number of hydrogen-bond acceptors (Lipinski definition) is 4. The van der Waals surface area contributed by atoms with Crippen molar-refractivity contribution < 1.29 is 14.3 Å². The molecule has 0 saturated heterocycles. The van der Waals surface area contributed by atoms with Crippen LogP contribution in [-0.4, -0.2) is 31.8 Å². The van der Waals surface area contributed by atoms with Crippen LogP contribution in [0.2, 0.25) is 0 Å². The number of likely N-dealkylation sites (N-methyl/N-ethyl adjacent to an activating group) is 1. The molecule has 1 aromatic carbocycles. The summed E-state index contributed by atoms with van der Waals surface area (Å²) in [5.74, 6) is 0.867. The lowest BCUT2D eigenvalue weighted by Crippen LogP contribution is -2.58. The van der Waals surface area contributed by atoms with E-state index in [1.165, 1.54) is 7.11 Å². The minimum absolute atomic E-state index is 0.227. The average Bonchev–Trinajstić information content (AvgIpc) is 3.27. The Morgan fingerprint density at radius 3 is 2.75 bits per heavy atom. The fourth-order valence-electron chi connectivity index (χ4n) is 2.59. The number of hydrogen-bond donors (Lipinski definition) is 1. The van der Waals surface area contributed by atoms with Crippen molar-refractivity contribution in [3.8, 4) is 5.75 Å². The zero-order chi connectivity index (χ0) is 14.6. The van der Waals surface area contributed by atoms with Gasteiger partial charge in [-0.1, -0.05) is 19.1 Å². The van der Waals surface area contributed by atoms with E-state index in [2.05, 4.69) is 5.32 Å². The minimum atomic E-state index is -0.715. The van der Waals surface area contributed by atoms with E-state index in [1.807, 2.05) is 38.1 Å². The van der Waals surface area contributed by atoms with Crippen LogP contribution in [0.5, 0.6) is 5.75 Å². The lowest BCUT2D eigenvalue weighted by atomic mass is 9.94. The summed E-state index contributed by atoms with van der Waals surface area (Å²) in [5.41, 5.74) is 0.425. The van der Waals surface area contributed by atoms with Gasteiger partial charge < -0.3 is 9.47 Å². The van der Waals surface area contributed by atoms with Crippen LogP contribution in [0.4, 0.5) is 0 Å². The summed E-state index contributed by atoms with van der Waals surface area (Å²) in [7, 11) is 1.43. The Bertz CT molecular complexity index is 471. The van der Waals surface area contributed by atoms with Crippen LogP contribution in [0.1, 0.15) is 25.3 Å². The lowest BCUT2D eigenvalue weighted by Gasteiger charge is -2.31. The van der Waals surface area contributed by atoms with Gasteiger partial charge in [-0.25, -0.2) is 4.79 Å². The van der Waals surface area contributed by atoms with Gasteiger partial charge in [0.1, 0.15) is 12.4 Å². The smallest absolute Gasteiger partial charge is 0.329 e. The summed E-state index contributed by atoms with van der Waals surface area (Å²) in [6, 6.07) is 7.86. The van der Waals surface area contributed by atoms with E-state index in [1.54, 1.807) is 0 Å². The molecule has 4 heteroatoms. The highest BCUT2D eigenvalue weighted by Gasteiger charge is 2.52. The molecular formula is C16H23NO3. The van der Waals surface area contributed by atoms with Gasteiger partial charge in [-0.15, -0.1) is 0 Å². The maximum absolute atomic E-state index is 12.2. The number of ether oxygens (including phenoxy) is 2. The van der Waals surface area contributed by atoms with E-state index in [0.717, 1.165) is 24.2 Å². The first-order valence-electron chi connectivity index (χ1n) is 7.15. The standard InChI is InChI=1S/C16H23NO3/c1-4-17-16(13-8-9-13,15(18)19-3)11-20-14-7-5-6-12(2)10-14/h5-7,10,13,17H,4,8-9,11H2,1-3H3. The van der Waals surface area contributed by atoms with Gasteiger partial charge in [-0.05, 0) is 49.9 Å².